The quantitative estimate of drug-likeness (QED) is 0.684. The Balaban J connectivity index is 1.98. The van der Waals surface area contributed by atoms with Crippen LogP contribution in [-0.4, -0.2) is 56.5 Å². The smallest absolute Gasteiger partial charge is 0.193 e. The number of rotatable bonds is 4. The summed E-state index contributed by atoms with van der Waals surface area (Å²) in [5, 5.41) is 3.58. The molecule has 0 aliphatic carbocycles. The maximum atomic E-state index is 4.49. The zero-order valence-corrected chi connectivity index (χ0v) is 15.3. The molecule has 1 heterocycles. The first kappa shape index (κ1) is 17.8. The number of nitrogens with zero attached hydrogens (tertiary/aromatic N) is 3. The Labute approximate surface area is 141 Å². The molecule has 0 aromatic heterocycles. The Morgan fingerprint density at radius 1 is 1.26 bits per heavy atom. The predicted octanol–water partition coefficient (Wildman–Crippen LogP) is 2.91. The Morgan fingerprint density at radius 2 is 1.87 bits per heavy atom. The molecule has 1 fully saturated rings. The van der Waals surface area contributed by atoms with Gasteiger partial charge in [0.1, 0.15) is 0 Å². The first-order valence-electron chi connectivity index (χ1n) is 8.70. The molecule has 2 rings (SSSR count). The minimum atomic E-state index is 0.344. The van der Waals surface area contributed by atoms with Gasteiger partial charge in [0, 0.05) is 26.7 Å². The number of hydrogen-bond acceptors (Lipinski definition) is 2. The number of nitrogens with one attached hydrogen (secondary N) is 1. The van der Waals surface area contributed by atoms with Crippen LogP contribution in [0.15, 0.2) is 29.3 Å². The van der Waals surface area contributed by atoms with Crippen LogP contribution < -0.4 is 5.32 Å². The molecule has 23 heavy (non-hydrogen) atoms. The minimum absolute atomic E-state index is 0.344. The fraction of sp³-hybridized carbons (Fsp3) is 0.632. The van der Waals surface area contributed by atoms with Gasteiger partial charge in [-0.15, -0.1) is 0 Å². The third kappa shape index (κ3) is 4.96. The second-order valence-corrected chi connectivity index (χ2v) is 6.99. The van der Waals surface area contributed by atoms with Crippen LogP contribution in [0.1, 0.15) is 36.9 Å². The van der Waals surface area contributed by atoms with Crippen LogP contribution >= 0.6 is 0 Å². The van der Waals surface area contributed by atoms with E-state index in [-0.39, 0.29) is 0 Å². The van der Waals surface area contributed by atoms with E-state index in [1.165, 1.54) is 24.0 Å². The van der Waals surface area contributed by atoms with E-state index < -0.39 is 0 Å². The lowest BCUT2D eigenvalue weighted by Gasteiger charge is -2.34. The number of aryl methyl sites for hydroxylation is 1. The number of aliphatic imine (C=N–C) groups is 1. The molecular formula is C19H32N4. The van der Waals surface area contributed by atoms with E-state index in [9.17, 15) is 0 Å². The van der Waals surface area contributed by atoms with Gasteiger partial charge >= 0.3 is 0 Å². The zero-order chi connectivity index (χ0) is 16.8. The van der Waals surface area contributed by atoms with Crippen LogP contribution in [-0.2, 0) is 0 Å². The van der Waals surface area contributed by atoms with Crippen molar-refractivity contribution in [3.8, 4) is 0 Å². The van der Waals surface area contributed by atoms with Gasteiger partial charge in [0.25, 0.3) is 0 Å². The molecule has 1 aliphatic heterocycles. The van der Waals surface area contributed by atoms with E-state index in [0.29, 0.717) is 6.04 Å². The topological polar surface area (TPSA) is 30.9 Å². The normalized spacial score (nSPS) is 18.3. The van der Waals surface area contributed by atoms with Gasteiger partial charge in [-0.05, 0) is 45.3 Å². The lowest BCUT2D eigenvalue weighted by molar-refractivity contribution is 0.264. The fourth-order valence-corrected chi connectivity index (χ4v) is 3.13. The fourth-order valence-electron chi connectivity index (χ4n) is 3.13. The second-order valence-electron chi connectivity index (χ2n) is 6.99. The third-order valence-electron chi connectivity index (χ3n) is 4.83. The molecule has 0 bridgehead atoms. The molecule has 1 atom stereocenters. The van der Waals surface area contributed by atoms with Gasteiger partial charge < -0.3 is 15.1 Å². The standard InChI is InChI=1S/C19H32N4/c1-15-6-8-17(9-7-15)18(22(4)5)14-21-19(20-3)23-12-10-16(2)11-13-23/h6-9,16,18H,10-14H2,1-5H3,(H,20,21). The molecule has 0 spiro atoms. The van der Waals surface area contributed by atoms with Gasteiger partial charge in [0.05, 0.1) is 6.04 Å². The van der Waals surface area contributed by atoms with E-state index >= 15 is 0 Å². The van der Waals surface area contributed by atoms with Crippen molar-refractivity contribution in [3.63, 3.8) is 0 Å². The van der Waals surface area contributed by atoms with Crippen LogP contribution in [0.2, 0.25) is 0 Å². The van der Waals surface area contributed by atoms with Crippen molar-refractivity contribution in [2.45, 2.75) is 32.7 Å². The lowest BCUT2D eigenvalue weighted by Crippen LogP contribution is -2.47. The summed E-state index contributed by atoms with van der Waals surface area (Å²) in [4.78, 5) is 9.15. The molecule has 1 aliphatic rings. The summed E-state index contributed by atoms with van der Waals surface area (Å²) in [6.45, 7) is 7.56. The Bertz CT molecular complexity index is 499. The number of likely N-dealkylation sites (tertiary alicyclic amines) is 1. The van der Waals surface area contributed by atoms with Crippen LogP contribution in [0.5, 0.6) is 0 Å². The van der Waals surface area contributed by atoms with Gasteiger partial charge in [0.2, 0.25) is 0 Å². The van der Waals surface area contributed by atoms with Gasteiger partial charge in [-0.25, -0.2) is 0 Å². The van der Waals surface area contributed by atoms with Gasteiger partial charge in [0.15, 0.2) is 5.96 Å². The van der Waals surface area contributed by atoms with E-state index in [4.69, 9.17) is 0 Å². The maximum absolute atomic E-state index is 4.49. The van der Waals surface area contributed by atoms with Crippen molar-refractivity contribution in [3.05, 3.63) is 35.4 Å². The molecule has 4 heteroatoms. The van der Waals surface area contributed by atoms with Gasteiger partial charge in [-0.1, -0.05) is 36.8 Å². The summed E-state index contributed by atoms with van der Waals surface area (Å²) in [6.07, 6.45) is 2.52. The predicted molar refractivity (Wildman–Crippen MR) is 98.9 cm³/mol. The highest BCUT2D eigenvalue weighted by atomic mass is 15.3. The summed E-state index contributed by atoms with van der Waals surface area (Å²) < 4.78 is 0. The van der Waals surface area contributed by atoms with Crippen molar-refractivity contribution in [2.75, 3.05) is 40.8 Å². The van der Waals surface area contributed by atoms with Crippen molar-refractivity contribution >= 4 is 5.96 Å². The monoisotopic (exact) mass is 316 g/mol. The molecule has 1 aromatic rings. The lowest BCUT2D eigenvalue weighted by atomic mass is 9.99. The molecule has 128 valence electrons. The largest absolute Gasteiger partial charge is 0.354 e. The number of piperidine rings is 1. The number of benzene rings is 1. The molecule has 1 saturated heterocycles. The number of guanidine groups is 1. The van der Waals surface area contributed by atoms with Crippen LogP contribution in [0.3, 0.4) is 0 Å². The summed E-state index contributed by atoms with van der Waals surface area (Å²) in [5.41, 5.74) is 2.65. The highest BCUT2D eigenvalue weighted by Gasteiger charge is 2.20. The first-order valence-corrected chi connectivity index (χ1v) is 8.70. The van der Waals surface area contributed by atoms with E-state index in [1.54, 1.807) is 0 Å². The second kappa shape index (κ2) is 8.34. The molecule has 1 unspecified atom stereocenters. The molecule has 1 aromatic carbocycles. The van der Waals surface area contributed by atoms with Crippen molar-refractivity contribution < 1.29 is 0 Å². The molecular weight excluding hydrogens is 284 g/mol. The summed E-state index contributed by atoms with van der Waals surface area (Å²) in [6, 6.07) is 9.18. The highest BCUT2D eigenvalue weighted by Crippen LogP contribution is 2.19. The van der Waals surface area contributed by atoms with E-state index in [2.05, 4.69) is 72.3 Å². The van der Waals surface area contributed by atoms with Crippen LogP contribution in [0, 0.1) is 12.8 Å². The zero-order valence-electron chi connectivity index (χ0n) is 15.3. The summed E-state index contributed by atoms with van der Waals surface area (Å²) in [5.74, 6) is 1.88. The average Bonchev–Trinajstić information content (AvgIpc) is 2.54. The SMILES string of the molecule is CN=C(NCC(c1ccc(C)cc1)N(C)C)N1CCC(C)CC1. The van der Waals surface area contributed by atoms with Crippen LogP contribution in [0.4, 0.5) is 0 Å². The number of likely N-dealkylation sites (N-methyl/N-ethyl adjacent to an activating group) is 1. The van der Waals surface area contributed by atoms with Crippen molar-refractivity contribution in [1.29, 1.82) is 0 Å². The summed E-state index contributed by atoms with van der Waals surface area (Å²) >= 11 is 0. The van der Waals surface area contributed by atoms with E-state index in [0.717, 1.165) is 31.5 Å². The van der Waals surface area contributed by atoms with Crippen molar-refractivity contribution in [2.24, 2.45) is 10.9 Å². The first-order chi connectivity index (χ1) is 11.0. The molecule has 0 radical (unpaired) electrons. The molecule has 1 N–H and O–H groups in total. The summed E-state index contributed by atoms with van der Waals surface area (Å²) in [7, 11) is 6.16. The average molecular weight is 316 g/mol. The molecule has 0 amide bonds. The Morgan fingerprint density at radius 3 is 2.39 bits per heavy atom. The molecule has 0 saturated carbocycles. The van der Waals surface area contributed by atoms with Gasteiger partial charge in [-0.3, -0.25) is 4.99 Å². The number of hydrogen-bond donors (Lipinski definition) is 1. The maximum Gasteiger partial charge on any atom is 0.193 e. The minimum Gasteiger partial charge on any atom is -0.354 e. The Hall–Kier alpha value is -1.55. The highest BCUT2D eigenvalue weighted by molar-refractivity contribution is 5.80. The van der Waals surface area contributed by atoms with Crippen molar-refractivity contribution in [1.82, 2.24) is 15.1 Å². The third-order valence-corrected chi connectivity index (χ3v) is 4.83. The van der Waals surface area contributed by atoms with Gasteiger partial charge in [-0.2, -0.15) is 0 Å². The molecule has 4 nitrogen and oxygen atoms in total. The van der Waals surface area contributed by atoms with E-state index in [1.807, 2.05) is 7.05 Å². The Kier molecular flexibility index (Phi) is 6.46. The van der Waals surface area contributed by atoms with Crippen LogP contribution in [0.25, 0.3) is 0 Å².